The highest BCUT2D eigenvalue weighted by Gasteiger charge is 2.45. The number of carbonyl (C=O) groups is 2. The highest BCUT2D eigenvalue weighted by atomic mass is 79.9. The summed E-state index contributed by atoms with van der Waals surface area (Å²) in [5.74, 6) is 0.493. The zero-order chi connectivity index (χ0) is 29.0. The number of nitrogens with zero attached hydrogens (tertiary/aromatic N) is 1. The molecule has 1 heterocycles. The third-order valence-corrected chi connectivity index (χ3v) is 7.95. The first-order valence-corrected chi connectivity index (χ1v) is 14.3. The second-order valence-corrected chi connectivity index (χ2v) is 10.7. The first kappa shape index (κ1) is 29.6. The number of esters is 1. The third kappa shape index (κ3) is 5.75. The van der Waals surface area contributed by atoms with Crippen molar-refractivity contribution in [3.8, 4) is 23.0 Å². The van der Waals surface area contributed by atoms with Crippen molar-refractivity contribution >= 4 is 33.4 Å². The van der Waals surface area contributed by atoms with Crippen LogP contribution in [-0.2, 0) is 14.3 Å². The molecule has 2 aromatic carbocycles. The Morgan fingerprint density at radius 2 is 1.70 bits per heavy atom. The molecule has 1 aliphatic carbocycles. The van der Waals surface area contributed by atoms with Gasteiger partial charge in [0.15, 0.2) is 28.8 Å². The lowest BCUT2D eigenvalue weighted by Gasteiger charge is -2.37. The minimum Gasteiger partial charge on any atom is -0.493 e. The van der Waals surface area contributed by atoms with Gasteiger partial charge in [0.25, 0.3) is 0 Å². The van der Waals surface area contributed by atoms with Crippen LogP contribution in [0.25, 0.3) is 0 Å². The largest absolute Gasteiger partial charge is 0.493 e. The van der Waals surface area contributed by atoms with E-state index in [0.717, 1.165) is 11.1 Å². The van der Waals surface area contributed by atoms with Crippen LogP contribution in [0, 0.1) is 5.92 Å². The molecule has 1 unspecified atom stereocenters. The van der Waals surface area contributed by atoms with E-state index in [-0.39, 0.29) is 24.1 Å². The van der Waals surface area contributed by atoms with Gasteiger partial charge in [-0.05, 0) is 83.9 Å². The molecule has 4 rings (SSSR count). The minimum atomic E-state index is -0.735. The van der Waals surface area contributed by atoms with E-state index in [1.807, 2.05) is 51.1 Å². The number of rotatable bonds is 10. The van der Waals surface area contributed by atoms with Crippen LogP contribution in [0.15, 0.2) is 51.1 Å². The summed E-state index contributed by atoms with van der Waals surface area (Å²) < 4.78 is 28.6. The maximum absolute atomic E-state index is 14.0. The van der Waals surface area contributed by atoms with Gasteiger partial charge in [-0.25, -0.2) is 0 Å². The van der Waals surface area contributed by atoms with Crippen LogP contribution in [0.2, 0.25) is 0 Å². The molecule has 2 aromatic rings. The maximum atomic E-state index is 14.0. The van der Waals surface area contributed by atoms with E-state index in [1.54, 1.807) is 21.3 Å². The summed E-state index contributed by atoms with van der Waals surface area (Å²) in [4.78, 5) is 32.3. The van der Waals surface area contributed by atoms with Crippen LogP contribution in [0.5, 0.6) is 23.0 Å². The SMILES string of the molecule is CCCOC(=O)C1C(C)=NC2=C(C(=O)C[C@H](c3ccc(OC)c(OC)c3)C2)[C@H]1c1cc(Br)c(OC)c(OCC)c1. The molecule has 0 saturated carbocycles. The average Bonchev–Trinajstić information content (AvgIpc) is 2.94. The van der Waals surface area contributed by atoms with Gasteiger partial charge in [-0.2, -0.15) is 0 Å². The lowest BCUT2D eigenvalue weighted by atomic mass is 9.69. The number of benzene rings is 2. The molecule has 0 radical (unpaired) electrons. The molecule has 214 valence electrons. The summed E-state index contributed by atoms with van der Waals surface area (Å²) in [5.41, 5.74) is 3.60. The molecule has 0 aromatic heterocycles. The predicted molar refractivity (Wildman–Crippen MR) is 156 cm³/mol. The summed E-state index contributed by atoms with van der Waals surface area (Å²) >= 11 is 3.60. The summed E-state index contributed by atoms with van der Waals surface area (Å²) in [6.07, 6.45) is 1.53. The van der Waals surface area contributed by atoms with Crippen LogP contribution in [-0.4, -0.2) is 52.0 Å². The molecular formula is C31H36BrNO7. The quantitative estimate of drug-likeness (QED) is 0.286. The fourth-order valence-corrected chi connectivity index (χ4v) is 6.21. The number of ketones is 1. The van der Waals surface area contributed by atoms with Gasteiger partial charge in [0.2, 0.25) is 0 Å². The average molecular weight is 615 g/mol. The summed E-state index contributed by atoms with van der Waals surface area (Å²) in [6.45, 7) is 6.40. The lowest BCUT2D eigenvalue weighted by Crippen LogP contribution is -2.38. The minimum absolute atomic E-state index is 0.0412. The smallest absolute Gasteiger partial charge is 0.315 e. The molecule has 8 nitrogen and oxygen atoms in total. The van der Waals surface area contributed by atoms with Crippen molar-refractivity contribution in [2.45, 2.75) is 51.9 Å². The molecule has 2 aliphatic rings. The van der Waals surface area contributed by atoms with Gasteiger partial charge in [-0.15, -0.1) is 0 Å². The summed E-state index contributed by atoms with van der Waals surface area (Å²) in [6, 6.07) is 9.48. The number of aliphatic imine (C=N–C) groups is 1. The second-order valence-electron chi connectivity index (χ2n) is 9.85. The van der Waals surface area contributed by atoms with Crippen molar-refractivity contribution < 1.29 is 33.3 Å². The molecule has 0 spiro atoms. The number of Topliss-reactive ketones (excluding diaryl/α,β-unsaturated/α-hetero) is 1. The van der Waals surface area contributed by atoms with Crippen molar-refractivity contribution in [2.24, 2.45) is 10.9 Å². The Hall–Kier alpha value is -3.33. The molecular weight excluding hydrogens is 578 g/mol. The first-order valence-electron chi connectivity index (χ1n) is 13.5. The van der Waals surface area contributed by atoms with E-state index < -0.39 is 11.8 Å². The molecule has 1 aliphatic heterocycles. The summed E-state index contributed by atoms with van der Waals surface area (Å²) in [5, 5.41) is 0. The van der Waals surface area contributed by atoms with Crippen molar-refractivity contribution in [3.63, 3.8) is 0 Å². The monoisotopic (exact) mass is 613 g/mol. The van der Waals surface area contributed by atoms with Gasteiger partial charge in [0, 0.05) is 29.3 Å². The standard InChI is InChI=1S/C31H36BrNO7/c1-7-11-40-31(35)27-17(3)33-22-13-19(18-9-10-24(36-4)25(15-18)37-5)14-23(34)29(22)28(27)20-12-21(32)30(38-6)26(16-20)39-8-2/h9-10,12,15-16,19,27-28H,7-8,11,13-14H2,1-6H3/t19-,27?,28+/m1/s1. The number of carbonyl (C=O) groups excluding carboxylic acids is 2. The second kappa shape index (κ2) is 12.9. The number of allylic oxidation sites excluding steroid dienone is 2. The third-order valence-electron chi connectivity index (χ3n) is 7.36. The van der Waals surface area contributed by atoms with Crippen LogP contribution in [0.4, 0.5) is 0 Å². The first-order chi connectivity index (χ1) is 19.3. The topological polar surface area (TPSA) is 92.7 Å². The van der Waals surface area contributed by atoms with E-state index in [1.165, 1.54) is 0 Å². The van der Waals surface area contributed by atoms with E-state index in [0.29, 0.717) is 70.5 Å². The van der Waals surface area contributed by atoms with Gasteiger partial charge in [0.05, 0.1) is 39.0 Å². The molecule has 40 heavy (non-hydrogen) atoms. The van der Waals surface area contributed by atoms with Gasteiger partial charge >= 0.3 is 5.97 Å². The Labute approximate surface area is 243 Å². The normalized spacial score (nSPS) is 20.4. The number of ether oxygens (including phenoxy) is 5. The fraction of sp³-hybridized carbons (Fsp3) is 0.452. The molecule has 3 atom stereocenters. The van der Waals surface area contributed by atoms with E-state index in [2.05, 4.69) is 15.9 Å². The van der Waals surface area contributed by atoms with Gasteiger partial charge in [-0.3, -0.25) is 14.6 Å². The highest BCUT2D eigenvalue weighted by molar-refractivity contribution is 9.10. The van der Waals surface area contributed by atoms with E-state index in [9.17, 15) is 9.59 Å². The Morgan fingerprint density at radius 1 is 0.975 bits per heavy atom. The Kier molecular flexibility index (Phi) is 9.56. The number of hydrogen-bond donors (Lipinski definition) is 0. The van der Waals surface area contributed by atoms with Gasteiger partial charge in [0.1, 0.15) is 5.92 Å². The Balaban J connectivity index is 1.83. The number of methoxy groups -OCH3 is 3. The molecule has 9 heteroatoms. The zero-order valence-electron chi connectivity index (χ0n) is 23.8. The molecule has 0 bridgehead atoms. The predicted octanol–water partition coefficient (Wildman–Crippen LogP) is 6.40. The molecule has 0 fully saturated rings. The number of halogens is 1. The van der Waals surface area contributed by atoms with Crippen molar-refractivity contribution in [2.75, 3.05) is 34.5 Å². The maximum Gasteiger partial charge on any atom is 0.315 e. The fourth-order valence-electron chi connectivity index (χ4n) is 5.59. The molecule has 0 N–H and O–H groups in total. The van der Waals surface area contributed by atoms with Crippen LogP contribution in [0.1, 0.15) is 63.0 Å². The van der Waals surface area contributed by atoms with Crippen LogP contribution >= 0.6 is 15.9 Å². The Bertz CT molecular complexity index is 1350. The zero-order valence-corrected chi connectivity index (χ0v) is 25.4. The van der Waals surface area contributed by atoms with E-state index >= 15 is 0 Å². The van der Waals surface area contributed by atoms with E-state index in [4.69, 9.17) is 28.7 Å². The van der Waals surface area contributed by atoms with Gasteiger partial charge in [-0.1, -0.05) is 13.0 Å². The molecule has 0 saturated heterocycles. The van der Waals surface area contributed by atoms with Crippen LogP contribution in [0.3, 0.4) is 0 Å². The number of hydrogen-bond acceptors (Lipinski definition) is 8. The van der Waals surface area contributed by atoms with Crippen molar-refractivity contribution in [1.29, 1.82) is 0 Å². The van der Waals surface area contributed by atoms with Crippen LogP contribution < -0.4 is 18.9 Å². The molecule has 0 amide bonds. The Morgan fingerprint density at radius 3 is 2.35 bits per heavy atom. The van der Waals surface area contributed by atoms with Gasteiger partial charge < -0.3 is 23.7 Å². The lowest BCUT2D eigenvalue weighted by molar-refractivity contribution is -0.146. The highest BCUT2D eigenvalue weighted by Crippen LogP contribution is 2.49. The summed E-state index contributed by atoms with van der Waals surface area (Å²) in [7, 11) is 4.76. The van der Waals surface area contributed by atoms with Crippen molar-refractivity contribution in [1.82, 2.24) is 0 Å². The van der Waals surface area contributed by atoms with Crippen molar-refractivity contribution in [3.05, 3.63) is 57.2 Å².